The van der Waals surface area contributed by atoms with E-state index >= 15 is 0 Å². The number of likely N-dealkylation sites (N-methyl/N-ethyl adjacent to an activating group) is 1. The first-order valence-electron chi connectivity index (χ1n) is 6.13. The Morgan fingerprint density at radius 2 is 2.00 bits per heavy atom. The van der Waals surface area contributed by atoms with Gasteiger partial charge in [0.05, 0.1) is 6.07 Å². The van der Waals surface area contributed by atoms with Gasteiger partial charge < -0.3 is 10.2 Å². The smallest absolute Gasteiger partial charge is 0.122 e. The van der Waals surface area contributed by atoms with E-state index in [-0.39, 0.29) is 5.54 Å². The van der Waals surface area contributed by atoms with Crippen LogP contribution < -0.4 is 5.32 Å². The third-order valence-electron chi connectivity index (χ3n) is 3.84. The van der Waals surface area contributed by atoms with Gasteiger partial charge in [0.2, 0.25) is 0 Å². The maximum absolute atomic E-state index is 9.38. The highest BCUT2D eigenvalue weighted by Gasteiger charge is 2.45. The summed E-state index contributed by atoms with van der Waals surface area (Å²) in [5.74, 6) is 0.592. The highest BCUT2D eigenvalue weighted by molar-refractivity contribution is 5.16. The molecule has 1 saturated carbocycles. The average molecular weight is 207 g/mol. The number of hydrogen-bond acceptors (Lipinski definition) is 3. The van der Waals surface area contributed by atoms with E-state index in [0.717, 1.165) is 6.54 Å². The average Bonchev–Trinajstić information content (AvgIpc) is 3.12. The van der Waals surface area contributed by atoms with Crippen molar-refractivity contribution in [3.63, 3.8) is 0 Å². The number of nitrogens with one attached hydrogen (secondary N) is 1. The van der Waals surface area contributed by atoms with Crippen LogP contribution >= 0.6 is 0 Å². The molecule has 2 fully saturated rings. The van der Waals surface area contributed by atoms with Crippen LogP contribution in [0.1, 0.15) is 32.1 Å². The quantitative estimate of drug-likeness (QED) is 0.756. The SMILES string of the molecule is CNC(C#N)(CN1CCCCC1)C1CC1. The van der Waals surface area contributed by atoms with Gasteiger partial charge in [-0.3, -0.25) is 0 Å². The van der Waals surface area contributed by atoms with E-state index in [9.17, 15) is 5.26 Å². The molecule has 1 N–H and O–H groups in total. The van der Waals surface area contributed by atoms with Crippen LogP contribution in [0.2, 0.25) is 0 Å². The third kappa shape index (κ3) is 2.32. The van der Waals surface area contributed by atoms with Crippen LogP contribution in [0.15, 0.2) is 0 Å². The first-order chi connectivity index (χ1) is 7.30. The Labute approximate surface area is 92.4 Å². The van der Waals surface area contributed by atoms with Crippen LogP contribution in [-0.2, 0) is 0 Å². The van der Waals surface area contributed by atoms with Crippen LogP contribution in [0, 0.1) is 17.2 Å². The molecule has 1 aliphatic heterocycles. The molecule has 0 aromatic carbocycles. The summed E-state index contributed by atoms with van der Waals surface area (Å²) in [5, 5.41) is 12.7. The lowest BCUT2D eigenvalue weighted by molar-refractivity contribution is 0.174. The van der Waals surface area contributed by atoms with Gasteiger partial charge in [0, 0.05) is 6.54 Å². The van der Waals surface area contributed by atoms with Crippen LogP contribution in [0.5, 0.6) is 0 Å². The minimum absolute atomic E-state index is 0.267. The molecule has 1 atom stereocenters. The third-order valence-corrected chi connectivity index (χ3v) is 3.84. The number of nitrogens with zero attached hydrogens (tertiary/aromatic N) is 2. The molecule has 2 rings (SSSR count). The number of likely N-dealkylation sites (tertiary alicyclic amines) is 1. The van der Waals surface area contributed by atoms with Crippen LogP contribution in [0.4, 0.5) is 0 Å². The molecule has 1 unspecified atom stereocenters. The second-order valence-electron chi connectivity index (χ2n) is 4.94. The molecule has 0 aromatic heterocycles. The van der Waals surface area contributed by atoms with E-state index in [1.165, 1.54) is 45.2 Å². The Hall–Kier alpha value is -0.590. The van der Waals surface area contributed by atoms with Crippen molar-refractivity contribution in [3.8, 4) is 6.07 Å². The Morgan fingerprint density at radius 3 is 2.47 bits per heavy atom. The molecule has 1 saturated heterocycles. The second kappa shape index (κ2) is 4.51. The topological polar surface area (TPSA) is 39.1 Å². The van der Waals surface area contributed by atoms with Gasteiger partial charge in [-0.2, -0.15) is 5.26 Å². The molecular weight excluding hydrogens is 186 g/mol. The van der Waals surface area contributed by atoms with Crippen molar-refractivity contribution >= 4 is 0 Å². The summed E-state index contributed by atoms with van der Waals surface area (Å²) in [6.45, 7) is 3.28. The Balaban J connectivity index is 1.96. The van der Waals surface area contributed by atoms with Crippen molar-refractivity contribution in [2.24, 2.45) is 5.92 Å². The highest BCUT2D eigenvalue weighted by atomic mass is 15.2. The zero-order valence-corrected chi connectivity index (χ0v) is 9.63. The summed E-state index contributed by atoms with van der Waals surface area (Å²) in [5.41, 5.74) is -0.267. The predicted molar refractivity (Wildman–Crippen MR) is 60.4 cm³/mol. The van der Waals surface area contributed by atoms with Gasteiger partial charge in [-0.1, -0.05) is 6.42 Å². The van der Waals surface area contributed by atoms with Crippen molar-refractivity contribution in [2.45, 2.75) is 37.6 Å². The number of rotatable bonds is 4. The first kappa shape index (κ1) is 10.9. The lowest BCUT2D eigenvalue weighted by Gasteiger charge is -2.35. The summed E-state index contributed by atoms with van der Waals surface area (Å²) in [7, 11) is 1.94. The molecule has 0 radical (unpaired) electrons. The Kier molecular flexibility index (Phi) is 3.28. The maximum atomic E-state index is 9.38. The number of nitriles is 1. The van der Waals surface area contributed by atoms with E-state index < -0.39 is 0 Å². The minimum atomic E-state index is -0.267. The largest absolute Gasteiger partial charge is 0.301 e. The van der Waals surface area contributed by atoms with Crippen molar-refractivity contribution in [1.82, 2.24) is 10.2 Å². The molecule has 1 aliphatic carbocycles. The van der Waals surface area contributed by atoms with Gasteiger partial charge in [-0.15, -0.1) is 0 Å². The molecule has 15 heavy (non-hydrogen) atoms. The van der Waals surface area contributed by atoms with E-state index in [2.05, 4.69) is 16.3 Å². The molecule has 0 bridgehead atoms. The van der Waals surface area contributed by atoms with Crippen molar-refractivity contribution in [3.05, 3.63) is 0 Å². The normalized spacial score (nSPS) is 26.9. The zero-order valence-electron chi connectivity index (χ0n) is 9.63. The van der Waals surface area contributed by atoms with Crippen LogP contribution in [0.25, 0.3) is 0 Å². The van der Waals surface area contributed by atoms with E-state index in [1.54, 1.807) is 0 Å². The summed E-state index contributed by atoms with van der Waals surface area (Å²) >= 11 is 0. The van der Waals surface area contributed by atoms with Gasteiger partial charge in [-0.05, 0) is 51.7 Å². The fourth-order valence-electron chi connectivity index (χ4n) is 2.64. The molecule has 84 valence electrons. The van der Waals surface area contributed by atoms with Gasteiger partial charge in [-0.25, -0.2) is 0 Å². The predicted octanol–water partition coefficient (Wildman–Crippen LogP) is 1.36. The number of piperidine rings is 1. The summed E-state index contributed by atoms with van der Waals surface area (Å²) < 4.78 is 0. The fourth-order valence-corrected chi connectivity index (χ4v) is 2.64. The van der Waals surface area contributed by atoms with Crippen molar-refractivity contribution in [1.29, 1.82) is 5.26 Å². The van der Waals surface area contributed by atoms with E-state index in [1.807, 2.05) is 7.05 Å². The lowest BCUT2D eigenvalue weighted by Crippen LogP contribution is -2.53. The summed E-state index contributed by atoms with van der Waals surface area (Å²) in [4.78, 5) is 2.46. The molecular formula is C12H21N3. The zero-order chi connectivity index (χ0) is 10.7. The van der Waals surface area contributed by atoms with Gasteiger partial charge >= 0.3 is 0 Å². The van der Waals surface area contributed by atoms with Crippen molar-refractivity contribution in [2.75, 3.05) is 26.7 Å². The van der Waals surface area contributed by atoms with Gasteiger partial charge in [0.25, 0.3) is 0 Å². The molecule has 3 heteroatoms. The monoisotopic (exact) mass is 207 g/mol. The summed E-state index contributed by atoms with van der Waals surface area (Å²) in [6.07, 6.45) is 6.41. The number of hydrogen-bond donors (Lipinski definition) is 1. The molecule has 0 amide bonds. The molecule has 1 heterocycles. The minimum Gasteiger partial charge on any atom is -0.301 e. The van der Waals surface area contributed by atoms with Crippen LogP contribution in [0.3, 0.4) is 0 Å². The molecule has 0 spiro atoms. The summed E-state index contributed by atoms with van der Waals surface area (Å²) in [6, 6.07) is 2.52. The van der Waals surface area contributed by atoms with E-state index in [0.29, 0.717) is 5.92 Å². The highest BCUT2D eigenvalue weighted by Crippen LogP contribution is 2.39. The fraction of sp³-hybridized carbons (Fsp3) is 0.917. The molecule has 0 aromatic rings. The lowest BCUT2D eigenvalue weighted by atomic mass is 9.93. The van der Waals surface area contributed by atoms with E-state index in [4.69, 9.17) is 0 Å². The Morgan fingerprint density at radius 1 is 1.33 bits per heavy atom. The first-order valence-corrected chi connectivity index (χ1v) is 6.13. The van der Waals surface area contributed by atoms with Crippen LogP contribution in [-0.4, -0.2) is 37.1 Å². The maximum Gasteiger partial charge on any atom is 0.122 e. The Bertz CT molecular complexity index is 248. The van der Waals surface area contributed by atoms with Gasteiger partial charge in [0.15, 0.2) is 0 Å². The molecule has 3 nitrogen and oxygen atoms in total. The molecule has 2 aliphatic rings. The van der Waals surface area contributed by atoms with Gasteiger partial charge in [0.1, 0.15) is 5.54 Å². The standard InChI is InChI=1S/C12H21N3/c1-14-12(9-13,11-5-6-11)10-15-7-3-2-4-8-15/h11,14H,2-8,10H2,1H3. The second-order valence-corrected chi connectivity index (χ2v) is 4.94. The van der Waals surface area contributed by atoms with Crippen molar-refractivity contribution < 1.29 is 0 Å².